The lowest BCUT2D eigenvalue weighted by Gasteiger charge is -2.07. The first-order valence-corrected chi connectivity index (χ1v) is 11.6. The summed E-state index contributed by atoms with van der Waals surface area (Å²) in [6, 6.07) is 13.3. The smallest absolute Gasteiger partial charge is 0.341 e. The molecule has 164 valence electrons. The molecule has 0 aliphatic rings. The van der Waals surface area contributed by atoms with Gasteiger partial charge in [0.2, 0.25) is 11.8 Å². The third kappa shape index (κ3) is 5.27. The first kappa shape index (κ1) is 21.8. The van der Waals surface area contributed by atoms with Gasteiger partial charge in [0.1, 0.15) is 16.3 Å². The second-order valence-corrected chi connectivity index (χ2v) is 8.32. The summed E-state index contributed by atoms with van der Waals surface area (Å²) < 4.78 is 16.2. The van der Waals surface area contributed by atoms with Crippen molar-refractivity contribution in [1.29, 1.82) is 0 Å². The summed E-state index contributed by atoms with van der Waals surface area (Å²) in [5.41, 5.74) is 1.90. The molecule has 1 amide bonds. The molecular formula is C22H19N3O5S2. The minimum absolute atomic E-state index is 0.0449. The van der Waals surface area contributed by atoms with E-state index in [1.165, 1.54) is 17.6 Å². The Bertz CT molecular complexity index is 1190. The van der Waals surface area contributed by atoms with Crippen LogP contribution >= 0.6 is 23.1 Å². The molecule has 0 saturated carbocycles. The fourth-order valence-electron chi connectivity index (χ4n) is 2.90. The van der Waals surface area contributed by atoms with Gasteiger partial charge in [0.15, 0.2) is 0 Å². The third-order valence-electron chi connectivity index (χ3n) is 4.28. The number of carbonyl (C=O) groups is 2. The van der Waals surface area contributed by atoms with E-state index in [1.807, 2.05) is 30.3 Å². The van der Waals surface area contributed by atoms with E-state index in [0.29, 0.717) is 33.9 Å². The quantitative estimate of drug-likeness (QED) is 0.273. The van der Waals surface area contributed by atoms with Gasteiger partial charge in [-0.05, 0) is 24.6 Å². The third-order valence-corrected chi connectivity index (χ3v) is 6.00. The molecule has 4 rings (SSSR count). The molecule has 0 spiro atoms. The van der Waals surface area contributed by atoms with Gasteiger partial charge in [-0.3, -0.25) is 4.79 Å². The number of esters is 1. The summed E-state index contributed by atoms with van der Waals surface area (Å²) in [4.78, 5) is 25.0. The number of carbonyl (C=O) groups excluding carboxylic acids is 2. The van der Waals surface area contributed by atoms with E-state index in [2.05, 4.69) is 15.5 Å². The number of thiophene rings is 1. The predicted molar refractivity (Wildman–Crippen MR) is 121 cm³/mol. The number of nitrogens with one attached hydrogen (secondary N) is 1. The second kappa shape index (κ2) is 10.3. The second-order valence-electron chi connectivity index (χ2n) is 6.51. The zero-order chi connectivity index (χ0) is 22.3. The molecule has 0 radical (unpaired) electrons. The highest BCUT2D eigenvalue weighted by molar-refractivity contribution is 7.99. The lowest BCUT2D eigenvalue weighted by Crippen LogP contribution is -2.16. The van der Waals surface area contributed by atoms with Gasteiger partial charge in [-0.2, -0.15) is 0 Å². The number of anilines is 1. The summed E-state index contributed by atoms with van der Waals surface area (Å²) in [7, 11) is 0. The lowest BCUT2D eigenvalue weighted by molar-refractivity contribution is -0.113. The van der Waals surface area contributed by atoms with E-state index >= 15 is 0 Å². The van der Waals surface area contributed by atoms with Crippen LogP contribution in [0.5, 0.6) is 0 Å². The molecular weight excluding hydrogens is 450 g/mol. The van der Waals surface area contributed by atoms with Crippen molar-refractivity contribution in [2.45, 2.75) is 18.6 Å². The van der Waals surface area contributed by atoms with E-state index in [-0.39, 0.29) is 23.8 Å². The molecule has 32 heavy (non-hydrogen) atoms. The maximum atomic E-state index is 12.5. The number of nitrogens with zero attached hydrogens (tertiary/aromatic N) is 2. The normalized spacial score (nSPS) is 10.8. The molecule has 0 saturated heterocycles. The van der Waals surface area contributed by atoms with Gasteiger partial charge in [-0.1, -0.05) is 42.1 Å². The van der Waals surface area contributed by atoms with Crippen molar-refractivity contribution in [3.05, 3.63) is 71.1 Å². The molecule has 1 aromatic carbocycles. The Balaban J connectivity index is 1.40. The number of amides is 1. The number of rotatable bonds is 9. The number of benzene rings is 1. The van der Waals surface area contributed by atoms with Gasteiger partial charge in [-0.25, -0.2) is 4.79 Å². The standard InChI is InChI=1S/C22H19N3O5S2/c1-2-28-21(27)19-15(16-9-6-10-29-16)12-31-20(19)23-17(26)13-32-22-25-24-18(30-22)11-14-7-4-3-5-8-14/h3-10,12H,2,11,13H2,1H3,(H,23,26). The Hall–Kier alpha value is -3.37. The van der Waals surface area contributed by atoms with Crippen molar-refractivity contribution < 1.29 is 23.2 Å². The number of ether oxygens (including phenoxy) is 1. The van der Waals surface area contributed by atoms with Crippen molar-refractivity contribution >= 4 is 40.0 Å². The summed E-state index contributed by atoms with van der Waals surface area (Å²) in [5.74, 6) is 0.214. The van der Waals surface area contributed by atoms with Crippen molar-refractivity contribution in [3.63, 3.8) is 0 Å². The molecule has 0 unspecified atom stereocenters. The van der Waals surface area contributed by atoms with Crippen LogP contribution in [0.1, 0.15) is 28.7 Å². The minimum Gasteiger partial charge on any atom is -0.464 e. The van der Waals surface area contributed by atoms with Gasteiger partial charge in [-0.15, -0.1) is 21.5 Å². The molecule has 0 atom stereocenters. The number of thioether (sulfide) groups is 1. The Morgan fingerprint density at radius 2 is 2.00 bits per heavy atom. The SMILES string of the molecule is CCOC(=O)c1c(-c2ccco2)csc1NC(=O)CSc1nnc(Cc2ccccc2)o1. The molecule has 1 N–H and O–H groups in total. The molecule has 3 heterocycles. The van der Waals surface area contributed by atoms with Crippen LogP contribution in [0.25, 0.3) is 11.3 Å². The Kier molecular flexibility index (Phi) is 7.03. The van der Waals surface area contributed by atoms with E-state index < -0.39 is 5.97 Å². The highest BCUT2D eigenvalue weighted by Gasteiger charge is 2.24. The molecule has 0 bridgehead atoms. The lowest BCUT2D eigenvalue weighted by atomic mass is 10.1. The fraction of sp³-hybridized carbons (Fsp3) is 0.182. The number of hydrogen-bond donors (Lipinski definition) is 1. The highest BCUT2D eigenvalue weighted by atomic mass is 32.2. The van der Waals surface area contributed by atoms with E-state index in [9.17, 15) is 9.59 Å². The number of hydrogen-bond acceptors (Lipinski definition) is 9. The summed E-state index contributed by atoms with van der Waals surface area (Å²) in [6.45, 7) is 1.94. The molecule has 0 aliphatic heterocycles. The van der Waals surface area contributed by atoms with Crippen LogP contribution in [-0.2, 0) is 16.0 Å². The average Bonchev–Trinajstić information content (AvgIpc) is 3.54. The van der Waals surface area contributed by atoms with Crippen molar-refractivity contribution in [1.82, 2.24) is 10.2 Å². The van der Waals surface area contributed by atoms with E-state index in [1.54, 1.807) is 24.4 Å². The summed E-state index contributed by atoms with van der Waals surface area (Å²) in [6.07, 6.45) is 2.04. The number of furan rings is 1. The van der Waals surface area contributed by atoms with Crippen LogP contribution in [0.2, 0.25) is 0 Å². The first-order chi connectivity index (χ1) is 15.6. The predicted octanol–water partition coefficient (Wildman–Crippen LogP) is 4.89. The monoisotopic (exact) mass is 469 g/mol. The highest BCUT2D eigenvalue weighted by Crippen LogP contribution is 2.36. The maximum absolute atomic E-state index is 12.5. The van der Waals surface area contributed by atoms with E-state index in [4.69, 9.17) is 13.6 Å². The zero-order valence-corrected chi connectivity index (χ0v) is 18.7. The first-order valence-electron chi connectivity index (χ1n) is 9.75. The minimum atomic E-state index is -0.523. The van der Waals surface area contributed by atoms with Crippen LogP contribution in [-0.4, -0.2) is 34.4 Å². The van der Waals surface area contributed by atoms with Crippen molar-refractivity contribution in [2.75, 3.05) is 17.7 Å². The summed E-state index contributed by atoms with van der Waals surface area (Å²) in [5, 5.41) is 13.2. The Morgan fingerprint density at radius 3 is 2.75 bits per heavy atom. The van der Waals surface area contributed by atoms with Crippen LogP contribution in [0, 0.1) is 0 Å². The van der Waals surface area contributed by atoms with Gasteiger partial charge < -0.3 is 18.9 Å². The van der Waals surface area contributed by atoms with Crippen molar-refractivity contribution in [3.8, 4) is 11.3 Å². The molecule has 4 aromatic rings. The van der Waals surface area contributed by atoms with Crippen LogP contribution in [0.15, 0.2) is 68.2 Å². The molecule has 10 heteroatoms. The number of aromatic nitrogens is 2. The molecule has 3 aromatic heterocycles. The maximum Gasteiger partial charge on any atom is 0.341 e. The molecule has 0 fully saturated rings. The molecule has 8 nitrogen and oxygen atoms in total. The topological polar surface area (TPSA) is 107 Å². The fourth-order valence-corrected chi connectivity index (χ4v) is 4.43. The van der Waals surface area contributed by atoms with Crippen LogP contribution in [0.3, 0.4) is 0 Å². The molecule has 0 aliphatic carbocycles. The van der Waals surface area contributed by atoms with Crippen LogP contribution < -0.4 is 5.32 Å². The Labute approximate surface area is 192 Å². The van der Waals surface area contributed by atoms with Crippen molar-refractivity contribution in [2.24, 2.45) is 0 Å². The van der Waals surface area contributed by atoms with Crippen LogP contribution in [0.4, 0.5) is 5.00 Å². The van der Waals surface area contributed by atoms with Gasteiger partial charge in [0.05, 0.1) is 25.0 Å². The Morgan fingerprint density at radius 1 is 1.16 bits per heavy atom. The van der Waals surface area contributed by atoms with Gasteiger partial charge in [0, 0.05) is 10.9 Å². The van der Waals surface area contributed by atoms with Gasteiger partial charge in [0.25, 0.3) is 5.22 Å². The largest absolute Gasteiger partial charge is 0.464 e. The van der Waals surface area contributed by atoms with E-state index in [0.717, 1.165) is 17.3 Å². The zero-order valence-electron chi connectivity index (χ0n) is 17.1. The average molecular weight is 470 g/mol. The van der Waals surface area contributed by atoms with Gasteiger partial charge >= 0.3 is 5.97 Å². The summed E-state index contributed by atoms with van der Waals surface area (Å²) >= 11 is 2.36.